The maximum atomic E-state index is 11.3. The smallest absolute Gasteiger partial charge is 0.323 e. The number of rotatable bonds is 10. The van der Waals surface area contributed by atoms with Crippen LogP contribution in [0.25, 0.3) is 0 Å². The highest BCUT2D eigenvalue weighted by Gasteiger charge is 2.34. The number of ether oxygens (including phenoxy) is 1. The maximum Gasteiger partial charge on any atom is 0.323 e. The van der Waals surface area contributed by atoms with Gasteiger partial charge >= 0.3 is 5.97 Å². The molecule has 0 saturated heterocycles. The Bertz CT molecular complexity index is 271. The molecule has 0 bridgehead atoms. The molecule has 0 saturated carbocycles. The van der Waals surface area contributed by atoms with Crippen LogP contribution >= 0.6 is 0 Å². The molecule has 114 valence electrons. The molecule has 0 heterocycles. The van der Waals surface area contributed by atoms with Crippen molar-refractivity contribution in [3.8, 4) is 0 Å². The van der Waals surface area contributed by atoms with E-state index < -0.39 is 11.5 Å². The lowest BCUT2D eigenvalue weighted by atomic mass is 9.93. The Morgan fingerprint density at radius 3 is 2.37 bits per heavy atom. The van der Waals surface area contributed by atoms with Gasteiger partial charge < -0.3 is 15.2 Å². The Labute approximate surface area is 117 Å². The molecule has 2 N–H and O–H groups in total. The van der Waals surface area contributed by atoms with Gasteiger partial charge in [0.15, 0.2) is 0 Å². The van der Waals surface area contributed by atoms with Crippen LogP contribution in [0.4, 0.5) is 0 Å². The standard InChI is InChI=1S/C14H30N2O3/c1-11(2)10-16(7-8-19-6)12(3)9-14(4,15-5)13(17)18/h11-12,15H,7-10H2,1-6H3,(H,17,18). The van der Waals surface area contributed by atoms with E-state index in [1.54, 1.807) is 21.1 Å². The van der Waals surface area contributed by atoms with E-state index in [2.05, 4.69) is 31.0 Å². The van der Waals surface area contributed by atoms with Crippen LogP contribution in [0.5, 0.6) is 0 Å². The number of carboxylic acid groups (broad SMARTS) is 1. The monoisotopic (exact) mass is 274 g/mol. The number of methoxy groups -OCH3 is 1. The minimum absolute atomic E-state index is 0.186. The van der Waals surface area contributed by atoms with Crippen molar-refractivity contribution in [2.75, 3.05) is 33.9 Å². The number of hydrogen-bond acceptors (Lipinski definition) is 4. The fourth-order valence-corrected chi connectivity index (χ4v) is 2.19. The number of carboxylic acids is 1. The molecule has 19 heavy (non-hydrogen) atoms. The van der Waals surface area contributed by atoms with E-state index >= 15 is 0 Å². The summed E-state index contributed by atoms with van der Waals surface area (Å²) in [5.41, 5.74) is -0.887. The number of nitrogens with one attached hydrogen (secondary N) is 1. The molecule has 0 aromatic rings. The van der Waals surface area contributed by atoms with Crippen LogP contribution in [0.3, 0.4) is 0 Å². The summed E-state index contributed by atoms with van der Waals surface area (Å²) in [7, 11) is 3.38. The SMILES string of the molecule is CNC(C)(CC(C)N(CCOC)CC(C)C)C(=O)O. The van der Waals surface area contributed by atoms with E-state index in [4.69, 9.17) is 4.74 Å². The third-order valence-electron chi connectivity index (χ3n) is 3.53. The summed E-state index contributed by atoms with van der Waals surface area (Å²) in [5, 5.41) is 12.2. The van der Waals surface area contributed by atoms with Crippen LogP contribution < -0.4 is 5.32 Å². The van der Waals surface area contributed by atoms with Crippen LogP contribution in [-0.2, 0) is 9.53 Å². The molecule has 5 heteroatoms. The third kappa shape index (κ3) is 6.36. The Balaban J connectivity index is 4.68. The minimum atomic E-state index is -0.887. The molecule has 0 fully saturated rings. The van der Waals surface area contributed by atoms with Gasteiger partial charge in [-0.2, -0.15) is 0 Å². The van der Waals surface area contributed by atoms with E-state index in [1.165, 1.54) is 0 Å². The van der Waals surface area contributed by atoms with Gasteiger partial charge in [-0.05, 0) is 33.2 Å². The summed E-state index contributed by atoms with van der Waals surface area (Å²) < 4.78 is 5.13. The first-order chi connectivity index (χ1) is 8.76. The van der Waals surface area contributed by atoms with E-state index in [0.717, 1.165) is 13.1 Å². The van der Waals surface area contributed by atoms with Gasteiger partial charge in [0.25, 0.3) is 0 Å². The Hall–Kier alpha value is -0.650. The Morgan fingerprint density at radius 2 is 2.00 bits per heavy atom. The Kier molecular flexibility index (Phi) is 8.22. The van der Waals surface area contributed by atoms with E-state index in [9.17, 15) is 9.90 Å². The molecule has 0 aliphatic heterocycles. The zero-order valence-corrected chi connectivity index (χ0v) is 13.2. The summed E-state index contributed by atoms with van der Waals surface area (Å²) in [4.78, 5) is 13.6. The van der Waals surface area contributed by atoms with Gasteiger partial charge in [-0.3, -0.25) is 9.69 Å². The lowest BCUT2D eigenvalue weighted by Crippen LogP contribution is -2.52. The first-order valence-corrected chi connectivity index (χ1v) is 6.92. The molecule has 2 atom stereocenters. The number of carbonyl (C=O) groups is 1. The first kappa shape index (κ1) is 18.4. The van der Waals surface area contributed by atoms with Crippen molar-refractivity contribution >= 4 is 5.97 Å². The summed E-state index contributed by atoms with van der Waals surface area (Å²) in [6.45, 7) is 10.6. The predicted octanol–water partition coefficient (Wildman–Crippen LogP) is 1.43. The summed E-state index contributed by atoms with van der Waals surface area (Å²) in [6, 6.07) is 0.186. The predicted molar refractivity (Wildman–Crippen MR) is 77.5 cm³/mol. The summed E-state index contributed by atoms with van der Waals surface area (Å²) in [6.07, 6.45) is 0.565. The molecule has 0 rings (SSSR count). The van der Waals surface area contributed by atoms with Gasteiger partial charge in [0, 0.05) is 26.2 Å². The minimum Gasteiger partial charge on any atom is -0.480 e. The fraction of sp³-hybridized carbons (Fsp3) is 0.929. The zero-order chi connectivity index (χ0) is 15.1. The average Bonchev–Trinajstić information content (AvgIpc) is 2.33. The van der Waals surface area contributed by atoms with Crippen molar-refractivity contribution in [1.29, 1.82) is 0 Å². The Morgan fingerprint density at radius 1 is 1.42 bits per heavy atom. The molecule has 0 aromatic heterocycles. The number of aliphatic carboxylic acids is 1. The fourth-order valence-electron chi connectivity index (χ4n) is 2.19. The van der Waals surface area contributed by atoms with Crippen molar-refractivity contribution < 1.29 is 14.6 Å². The number of hydrogen-bond donors (Lipinski definition) is 2. The largest absolute Gasteiger partial charge is 0.480 e. The van der Waals surface area contributed by atoms with Crippen LogP contribution in [-0.4, -0.2) is 61.4 Å². The van der Waals surface area contributed by atoms with Crippen molar-refractivity contribution in [3.63, 3.8) is 0 Å². The highest BCUT2D eigenvalue weighted by molar-refractivity contribution is 5.78. The highest BCUT2D eigenvalue weighted by atomic mass is 16.5. The molecule has 5 nitrogen and oxygen atoms in total. The molecule has 0 amide bonds. The first-order valence-electron chi connectivity index (χ1n) is 6.92. The van der Waals surface area contributed by atoms with Gasteiger partial charge in [-0.1, -0.05) is 13.8 Å². The van der Waals surface area contributed by atoms with E-state index in [0.29, 0.717) is 18.9 Å². The zero-order valence-electron chi connectivity index (χ0n) is 13.2. The van der Waals surface area contributed by atoms with E-state index in [1.807, 2.05) is 0 Å². The number of likely N-dealkylation sites (N-methyl/N-ethyl adjacent to an activating group) is 1. The molecule has 0 aromatic carbocycles. The lowest BCUT2D eigenvalue weighted by molar-refractivity contribution is -0.144. The van der Waals surface area contributed by atoms with Gasteiger partial charge in [-0.15, -0.1) is 0 Å². The van der Waals surface area contributed by atoms with E-state index in [-0.39, 0.29) is 6.04 Å². The quantitative estimate of drug-likeness (QED) is 0.631. The lowest BCUT2D eigenvalue weighted by Gasteiger charge is -2.35. The number of nitrogens with zero attached hydrogens (tertiary/aromatic N) is 1. The second kappa shape index (κ2) is 8.51. The molecule has 0 aliphatic rings. The molecule has 0 spiro atoms. The van der Waals surface area contributed by atoms with Crippen LogP contribution in [0.1, 0.15) is 34.1 Å². The van der Waals surface area contributed by atoms with Crippen LogP contribution in [0.2, 0.25) is 0 Å². The molecular weight excluding hydrogens is 244 g/mol. The second-order valence-electron chi connectivity index (χ2n) is 5.82. The maximum absolute atomic E-state index is 11.3. The van der Waals surface area contributed by atoms with Crippen molar-refractivity contribution in [3.05, 3.63) is 0 Å². The van der Waals surface area contributed by atoms with Gasteiger partial charge in [0.1, 0.15) is 5.54 Å². The van der Waals surface area contributed by atoms with Crippen molar-refractivity contribution in [2.45, 2.75) is 45.7 Å². The van der Waals surface area contributed by atoms with Crippen LogP contribution in [0, 0.1) is 5.92 Å². The van der Waals surface area contributed by atoms with Gasteiger partial charge in [0.2, 0.25) is 0 Å². The molecular formula is C14H30N2O3. The third-order valence-corrected chi connectivity index (χ3v) is 3.53. The average molecular weight is 274 g/mol. The summed E-state index contributed by atoms with van der Waals surface area (Å²) in [5.74, 6) is -0.261. The summed E-state index contributed by atoms with van der Waals surface area (Å²) >= 11 is 0. The normalized spacial score (nSPS) is 16.6. The highest BCUT2D eigenvalue weighted by Crippen LogP contribution is 2.17. The van der Waals surface area contributed by atoms with Gasteiger partial charge in [0.05, 0.1) is 6.61 Å². The molecule has 0 radical (unpaired) electrons. The van der Waals surface area contributed by atoms with Crippen molar-refractivity contribution in [2.24, 2.45) is 5.92 Å². The topological polar surface area (TPSA) is 61.8 Å². The van der Waals surface area contributed by atoms with Crippen LogP contribution in [0.15, 0.2) is 0 Å². The van der Waals surface area contributed by atoms with Gasteiger partial charge in [-0.25, -0.2) is 0 Å². The molecule has 2 unspecified atom stereocenters. The second-order valence-corrected chi connectivity index (χ2v) is 5.82. The van der Waals surface area contributed by atoms with Crippen molar-refractivity contribution in [1.82, 2.24) is 10.2 Å². The molecule has 0 aliphatic carbocycles.